The van der Waals surface area contributed by atoms with E-state index in [9.17, 15) is 4.79 Å². The Balaban J connectivity index is 2.51. The maximum Gasteiger partial charge on any atom is 0.151 e. The number of thioether (sulfide) groups is 1. The summed E-state index contributed by atoms with van der Waals surface area (Å²) >= 11 is 5.10. The van der Waals surface area contributed by atoms with Gasteiger partial charge in [-0.3, -0.25) is 4.79 Å². The zero-order valence-electron chi connectivity index (χ0n) is 8.53. The normalized spacial score (nSPS) is 10.0. The molecule has 1 aromatic carbocycles. The van der Waals surface area contributed by atoms with E-state index < -0.39 is 0 Å². The minimum absolute atomic E-state index is 0.623. The van der Waals surface area contributed by atoms with Gasteiger partial charge in [0.1, 0.15) is 5.75 Å². The molecule has 0 N–H and O–H groups in total. The predicted molar refractivity (Wildman–Crippen MR) is 68.0 cm³/mol. The van der Waals surface area contributed by atoms with Crippen LogP contribution in [0.3, 0.4) is 0 Å². The van der Waals surface area contributed by atoms with E-state index in [4.69, 9.17) is 4.74 Å². The molecule has 0 atom stereocenters. The van der Waals surface area contributed by atoms with Gasteiger partial charge in [-0.1, -0.05) is 15.9 Å². The third-order valence-electron chi connectivity index (χ3n) is 1.86. The summed E-state index contributed by atoms with van der Waals surface area (Å²) in [6.07, 6.45) is 3.91. The predicted octanol–water partition coefficient (Wildman–Crippen LogP) is 3.39. The lowest BCUT2D eigenvalue weighted by molar-refractivity contribution is 0.112. The fraction of sp³-hybridized carbons (Fsp3) is 0.364. The Morgan fingerprint density at radius 3 is 3.00 bits per heavy atom. The molecule has 1 aromatic rings. The average Bonchev–Trinajstić information content (AvgIpc) is 2.26. The standard InChI is InChI=1S/C11H13BrO2S/c1-15-6-2-5-14-10-3-4-11(12)9(7-10)8-13/h3-4,7-8H,2,5-6H2,1H3. The number of aldehydes is 1. The van der Waals surface area contributed by atoms with Crippen molar-refractivity contribution in [1.82, 2.24) is 0 Å². The lowest BCUT2D eigenvalue weighted by Gasteiger charge is -2.06. The number of carbonyl (C=O) groups excluding carboxylic acids is 1. The number of halogens is 1. The molecular formula is C11H13BrO2S. The number of hydrogen-bond donors (Lipinski definition) is 0. The van der Waals surface area contributed by atoms with Gasteiger partial charge >= 0.3 is 0 Å². The number of hydrogen-bond acceptors (Lipinski definition) is 3. The van der Waals surface area contributed by atoms with Gasteiger partial charge in [-0.05, 0) is 36.6 Å². The Morgan fingerprint density at radius 1 is 1.53 bits per heavy atom. The Morgan fingerprint density at radius 2 is 2.33 bits per heavy atom. The van der Waals surface area contributed by atoms with Crippen LogP contribution < -0.4 is 4.74 Å². The van der Waals surface area contributed by atoms with Gasteiger partial charge in [-0.25, -0.2) is 0 Å². The van der Waals surface area contributed by atoms with E-state index in [0.29, 0.717) is 12.2 Å². The summed E-state index contributed by atoms with van der Waals surface area (Å²) in [5, 5.41) is 0. The molecule has 0 saturated heterocycles. The van der Waals surface area contributed by atoms with Gasteiger partial charge < -0.3 is 4.74 Å². The topological polar surface area (TPSA) is 26.3 Å². The van der Waals surface area contributed by atoms with Crippen LogP contribution in [0.5, 0.6) is 5.75 Å². The molecule has 0 aliphatic rings. The van der Waals surface area contributed by atoms with Crippen molar-refractivity contribution in [2.24, 2.45) is 0 Å². The molecule has 0 bridgehead atoms. The summed E-state index contributed by atoms with van der Waals surface area (Å²) in [5.74, 6) is 1.85. The van der Waals surface area contributed by atoms with Gasteiger partial charge in [0.2, 0.25) is 0 Å². The van der Waals surface area contributed by atoms with Gasteiger partial charge in [-0.2, -0.15) is 11.8 Å². The fourth-order valence-corrected chi connectivity index (χ4v) is 1.84. The van der Waals surface area contributed by atoms with E-state index in [1.165, 1.54) is 0 Å². The van der Waals surface area contributed by atoms with Gasteiger partial charge in [0.05, 0.1) is 6.61 Å². The SMILES string of the molecule is CSCCCOc1ccc(Br)c(C=O)c1. The van der Waals surface area contributed by atoms with Crippen LogP contribution in [0.4, 0.5) is 0 Å². The highest BCUT2D eigenvalue weighted by Crippen LogP contribution is 2.21. The Labute approximate surface area is 103 Å². The van der Waals surface area contributed by atoms with Crippen molar-refractivity contribution in [1.29, 1.82) is 0 Å². The molecule has 1 rings (SSSR count). The third-order valence-corrected chi connectivity index (χ3v) is 3.28. The second kappa shape index (κ2) is 6.90. The van der Waals surface area contributed by atoms with Crippen molar-refractivity contribution in [3.63, 3.8) is 0 Å². The molecule has 0 heterocycles. The molecule has 15 heavy (non-hydrogen) atoms. The first-order valence-corrected chi connectivity index (χ1v) is 6.83. The smallest absolute Gasteiger partial charge is 0.151 e. The Kier molecular flexibility index (Phi) is 5.79. The van der Waals surface area contributed by atoms with Crippen molar-refractivity contribution in [3.05, 3.63) is 28.2 Å². The van der Waals surface area contributed by atoms with Crippen LogP contribution in [0.2, 0.25) is 0 Å². The summed E-state index contributed by atoms with van der Waals surface area (Å²) in [5.41, 5.74) is 0.623. The van der Waals surface area contributed by atoms with E-state index >= 15 is 0 Å². The molecule has 0 spiro atoms. The highest BCUT2D eigenvalue weighted by molar-refractivity contribution is 9.10. The molecule has 0 aromatic heterocycles. The third kappa shape index (κ3) is 4.26. The van der Waals surface area contributed by atoms with Crippen LogP contribution in [0, 0.1) is 0 Å². The number of rotatable bonds is 6. The highest BCUT2D eigenvalue weighted by Gasteiger charge is 2.00. The molecule has 4 heteroatoms. The van der Waals surface area contributed by atoms with E-state index in [2.05, 4.69) is 22.2 Å². The second-order valence-corrected chi connectivity index (χ2v) is 4.84. The van der Waals surface area contributed by atoms with Crippen LogP contribution in [0.1, 0.15) is 16.8 Å². The first-order chi connectivity index (χ1) is 7.27. The first kappa shape index (κ1) is 12.6. The summed E-state index contributed by atoms with van der Waals surface area (Å²) in [6.45, 7) is 0.695. The van der Waals surface area contributed by atoms with Crippen molar-refractivity contribution in [2.45, 2.75) is 6.42 Å². The van der Waals surface area contributed by atoms with Crippen LogP contribution in [-0.2, 0) is 0 Å². The van der Waals surface area contributed by atoms with E-state index in [-0.39, 0.29) is 0 Å². The molecular weight excluding hydrogens is 276 g/mol. The monoisotopic (exact) mass is 288 g/mol. The first-order valence-electron chi connectivity index (χ1n) is 4.64. The lowest BCUT2D eigenvalue weighted by atomic mass is 10.2. The van der Waals surface area contributed by atoms with Crippen LogP contribution in [-0.4, -0.2) is 24.9 Å². The maximum atomic E-state index is 10.7. The quantitative estimate of drug-likeness (QED) is 0.593. The van der Waals surface area contributed by atoms with Gasteiger partial charge in [0, 0.05) is 10.0 Å². The van der Waals surface area contributed by atoms with E-state index in [0.717, 1.165) is 28.7 Å². The zero-order valence-corrected chi connectivity index (χ0v) is 10.9. The zero-order chi connectivity index (χ0) is 11.1. The molecule has 82 valence electrons. The lowest BCUT2D eigenvalue weighted by Crippen LogP contribution is -1.99. The molecule has 0 aliphatic heterocycles. The average molecular weight is 289 g/mol. The van der Waals surface area contributed by atoms with Crippen molar-refractivity contribution >= 4 is 34.0 Å². The summed E-state index contributed by atoms with van der Waals surface area (Å²) in [6, 6.07) is 5.43. The fourth-order valence-electron chi connectivity index (χ4n) is 1.10. The number of ether oxygens (including phenoxy) is 1. The Bertz CT molecular complexity index is 328. The minimum Gasteiger partial charge on any atom is -0.494 e. The van der Waals surface area contributed by atoms with Crippen molar-refractivity contribution in [2.75, 3.05) is 18.6 Å². The van der Waals surface area contributed by atoms with E-state index in [1.807, 2.05) is 12.1 Å². The largest absolute Gasteiger partial charge is 0.494 e. The van der Waals surface area contributed by atoms with E-state index in [1.54, 1.807) is 17.8 Å². The summed E-state index contributed by atoms with van der Waals surface area (Å²) < 4.78 is 6.31. The number of carbonyl (C=O) groups is 1. The molecule has 0 fully saturated rings. The molecule has 0 saturated carbocycles. The molecule has 0 unspecified atom stereocenters. The van der Waals surface area contributed by atoms with Crippen LogP contribution >= 0.6 is 27.7 Å². The van der Waals surface area contributed by atoms with Crippen molar-refractivity contribution < 1.29 is 9.53 Å². The van der Waals surface area contributed by atoms with Crippen LogP contribution in [0.15, 0.2) is 22.7 Å². The molecule has 0 amide bonds. The summed E-state index contributed by atoms with van der Waals surface area (Å²) in [4.78, 5) is 10.7. The maximum absolute atomic E-state index is 10.7. The van der Waals surface area contributed by atoms with Gasteiger partial charge in [0.15, 0.2) is 6.29 Å². The second-order valence-electron chi connectivity index (χ2n) is 3.00. The molecule has 0 radical (unpaired) electrons. The minimum atomic E-state index is 0.623. The number of benzene rings is 1. The molecule has 0 aliphatic carbocycles. The summed E-state index contributed by atoms with van der Waals surface area (Å²) in [7, 11) is 0. The van der Waals surface area contributed by atoms with Gasteiger partial charge in [0.25, 0.3) is 0 Å². The van der Waals surface area contributed by atoms with Crippen molar-refractivity contribution in [3.8, 4) is 5.75 Å². The van der Waals surface area contributed by atoms with Gasteiger partial charge in [-0.15, -0.1) is 0 Å². The highest BCUT2D eigenvalue weighted by atomic mass is 79.9. The van der Waals surface area contributed by atoms with Crippen LogP contribution in [0.25, 0.3) is 0 Å². The molecule has 2 nitrogen and oxygen atoms in total. The Hall–Kier alpha value is -0.480.